The number of carbonyl (C=O) groups excluding carboxylic acids is 1. The summed E-state index contributed by atoms with van der Waals surface area (Å²) >= 11 is 0. The van der Waals surface area contributed by atoms with E-state index in [-0.39, 0.29) is 11.9 Å². The van der Waals surface area contributed by atoms with Crippen LogP contribution in [0.3, 0.4) is 0 Å². The highest BCUT2D eigenvalue weighted by Gasteiger charge is 2.42. The van der Waals surface area contributed by atoms with Crippen LogP contribution in [0.2, 0.25) is 0 Å². The number of nitrogens with zero attached hydrogens (tertiary/aromatic N) is 2. The average molecular weight is 410 g/mol. The Kier molecular flexibility index (Phi) is 6.77. The number of aromatic nitrogens is 1. The quantitative estimate of drug-likeness (QED) is 0.795. The SMILES string of the molecule is Cc1cccc(C2(C(=O)NC[C@H](c3cccnc3)N3CCOCC3)CCOCC2)c1. The van der Waals surface area contributed by atoms with Gasteiger partial charge in [0.1, 0.15) is 0 Å². The molecule has 0 spiro atoms. The van der Waals surface area contributed by atoms with E-state index in [4.69, 9.17) is 9.47 Å². The Labute approximate surface area is 178 Å². The topological polar surface area (TPSA) is 63.7 Å². The first-order chi connectivity index (χ1) is 14.7. The Morgan fingerprint density at radius 3 is 2.60 bits per heavy atom. The Balaban J connectivity index is 1.55. The predicted octanol–water partition coefficient (Wildman–Crippen LogP) is 2.63. The molecule has 0 saturated carbocycles. The molecule has 3 heterocycles. The van der Waals surface area contributed by atoms with Crippen molar-refractivity contribution in [1.82, 2.24) is 15.2 Å². The molecule has 2 saturated heterocycles. The van der Waals surface area contributed by atoms with Crippen LogP contribution in [0.4, 0.5) is 0 Å². The standard InChI is InChI=1S/C24H31N3O3/c1-19-4-2-6-21(16-19)24(7-12-29-13-8-24)23(28)26-18-22(20-5-3-9-25-17-20)27-10-14-30-15-11-27/h2-6,9,16-17,22H,7-8,10-15,18H2,1H3,(H,26,28)/t22-/m1/s1. The number of rotatable bonds is 6. The lowest BCUT2D eigenvalue weighted by atomic mass is 9.73. The monoisotopic (exact) mass is 409 g/mol. The largest absolute Gasteiger partial charge is 0.381 e. The minimum Gasteiger partial charge on any atom is -0.381 e. The van der Waals surface area contributed by atoms with Crippen LogP contribution in [0.25, 0.3) is 0 Å². The fourth-order valence-electron chi connectivity index (χ4n) is 4.59. The van der Waals surface area contributed by atoms with Crippen LogP contribution in [0.1, 0.15) is 35.6 Å². The molecule has 0 radical (unpaired) electrons. The molecule has 0 unspecified atom stereocenters. The first-order valence-corrected chi connectivity index (χ1v) is 10.8. The van der Waals surface area contributed by atoms with Gasteiger partial charge in [0.05, 0.1) is 24.7 Å². The average Bonchev–Trinajstić information content (AvgIpc) is 2.81. The lowest BCUT2D eigenvalue weighted by molar-refractivity contribution is -0.130. The maximum atomic E-state index is 13.6. The van der Waals surface area contributed by atoms with Gasteiger partial charge in [-0.15, -0.1) is 0 Å². The summed E-state index contributed by atoms with van der Waals surface area (Å²) in [6.07, 6.45) is 5.10. The van der Waals surface area contributed by atoms with Crippen LogP contribution >= 0.6 is 0 Å². The predicted molar refractivity (Wildman–Crippen MR) is 115 cm³/mol. The molecular formula is C24H31N3O3. The highest BCUT2D eigenvalue weighted by Crippen LogP contribution is 2.36. The number of carbonyl (C=O) groups is 1. The van der Waals surface area contributed by atoms with Crippen molar-refractivity contribution in [2.75, 3.05) is 46.1 Å². The summed E-state index contributed by atoms with van der Waals surface area (Å²) in [6, 6.07) is 12.5. The van der Waals surface area contributed by atoms with Gasteiger partial charge >= 0.3 is 0 Å². The van der Waals surface area contributed by atoms with E-state index >= 15 is 0 Å². The van der Waals surface area contributed by atoms with E-state index in [9.17, 15) is 4.79 Å². The van der Waals surface area contributed by atoms with Crippen LogP contribution < -0.4 is 5.32 Å². The number of hydrogen-bond acceptors (Lipinski definition) is 5. The van der Waals surface area contributed by atoms with E-state index in [0.717, 1.165) is 37.4 Å². The van der Waals surface area contributed by atoms with Gasteiger partial charge < -0.3 is 14.8 Å². The second kappa shape index (κ2) is 9.69. The maximum absolute atomic E-state index is 13.6. The molecule has 2 aromatic rings. The van der Waals surface area contributed by atoms with Gasteiger partial charge in [-0.2, -0.15) is 0 Å². The second-order valence-electron chi connectivity index (χ2n) is 8.22. The van der Waals surface area contributed by atoms with Gasteiger partial charge in [-0.3, -0.25) is 14.7 Å². The van der Waals surface area contributed by atoms with Gasteiger partial charge in [0.15, 0.2) is 0 Å². The Morgan fingerprint density at radius 1 is 1.13 bits per heavy atom. The molecule has 2 aliphatic rings. The maximum Gasteiger partial charge on any atom is 0.230 e. The third-order valence-electron chi connectivity index (χ3n) is 6.36. The molecule has 1 aromatic carbocycles. The zero-order valence-electron chi connectivity index (χ0n) is 17.7. The molecule has 0 bridgehead atoms. The number of nitrogens with one attached hydrogen (secondary N) is 1. The summed E-state index contributed by atoms with van der Waals surface area (Å²) in [5.41, 5.74) is 2.85. The molecule has 160 valence electrons. The van der Waals surface area contributed by atoms with Crippen molar-refractivity contribution in [3.63, 3.8) is 0 Å². The summed E-state index contributed by atoms with van der Waals surface area (Å²) in [5, 5.41) is 3.30. The van der Waals surface area contributed by atoms with E-state index in [1.165, 1.54) is 5.56 Å². The molecule has 1 atom stereocenters. The van der Waals surface area contributed by atoms with Crippen LogP contribution in [-0.2, 0) is 19.7 Å². The highest BCUT2D eigenvalue weighted by molar-refractivity contribution is 5.88. The third-order valence-corrected chi connectivity index (χ3v) is 6.36. The number of amides is 1. The number of ether oxygens (including phenoxy) is 2. The molecule has 1 N–H and O–H groups in total. The molecule has 4 rings (SSSR count). The summed E-state index contributed by atoms with van der Waals surface area (Å²) in [7, 11) is 0. The zero-order chi connectivity index (χ0) is 20.8. The van der Waals surface area contributed by atoms with Crippen LogP contribution in [0.5, 0.6) is 0 Å². The number of pyridine rings is 1. The van der Waals surface area contributed by atoms with Crippen molar-refractivity contribution >= 4 is 5.91 Å². The van der Waals surface area contributed by atoms with Crippen LogP contribution in [0, 0.1) is 6.92 Å². The summed E-state index contributed by atoms with van der Waals surface area (Å²) < 4.78 is 11.1. The number of aryl methyl sites for hydroxylation is 1. The van der Waals surface area contributed by atoms with E-state index in [2.05, 4.69) is 46.4 Å². The van der Waals surface area contributed by atoms with Gasteiger partial charge in [-0.05, 0) is 37.0 Å². The molecule has 2 aliphatic heterocycles. The van der Waals surface area contributed by atoms with Crippen LogP contribution in [-0.4, -0.2) is 61.9 Å². The fraction of sp³-hybridized carbons (Fsp3) is 0.500. The Bertz CT molecular complexity index is 831. The van der Waals surface area contributed by atoms with Crippen molar-refractivity contribution in [3.8, 4) is 0 Å². The van der Waals surface area contributed by atoms with Crippen molar-refractivity contribution in [2.45, 2.75) is 31.2 Å². The van der Waals surface area contributed by atoms with E-state index < -0.39 is 5.41 Å². The highest BCUT2D eigenvalue weighted by atomic mass is 16.5. The van der Waals surface area contributed by atoms with Crippen molar-refractivity contribution in [2.24, 2.45) is 0 Å². The van der Waals surface area contributed by atoms with Crippen molar-refractivity contribution in [1.29, 1.82) is 0 Å². The first kappa shape index (κ1) is 21.0. The summed E-state index contributed by atoms with van der Waals surface area (Å²) in [5.74, 6) is 0.0959. The second-order valence-corrected chi connectivity index (χ2v) is 8.22. The summed E-state index contributed by atoms with van der Waals surface area (Å²) in [4.78, 5) is 20.3. The molecular weight excluding hydrogens is 378 g/mol. The van der Waals surface area contributed by atoms with Gasteiger partial charge in [0.2, 0.25) is 5.91 Å². The van der Waals surface area contributed by atoms with E-state index in [0.29, 0.717) is 32.6 Å². The molecule has 0 aliphatic carbocycles. The summed E-state index contributed by atoms with van der Waals surface area (Å²) in [6.45, 7) is 6.99. The molecule has 6 nitrogen and oxygen atoms in total. The van der Waals surface area contributed by atoms with E-state index in [1.54, 1.807) is 6.20 Å². The van der Waals surface area contributed by atoms with Gasteiger partial charge in [-0.25, -0.2) is 0 Å². The Morgan fingerprint density at radius 2 is 1.90 bits per heavy atom. The van der Waals surface area contributed by atoms with Crippen LogP contribution in [0.15, 0.2) is 48.8 Å². The van der Waals surface area contributed by atoms with Gasteiger partial charge in [-0.1, -0.05) is 35.9 Å². The molecule has 6 heteroatoms. The van der Waals surface area contributed by atoms with Gasteiger partial charge in [0, 0.05) is 45.2 Å². The van der Waals surface area contributed by atoms with Crippen molar-refractivity contribution < 1.29 is 14.3 Å². The number of hydrogen-bond donors (Lipinski definition) is 1. The minimum atomic E-state index is -0.533. The molecule has 30 heavy (non-hydrogen) atoms. The zero-order valence-corrected chi connectivity index (χ0v) is 17.7. The minimum absolute atomic E-state index is 0.0842. The number of morpholine rings is 1. The molecule has 2 fully saturated rings. The Hall–Kier alpha value is -2.28. The van der Waals surface area contributed by atoms with Crippen molar-refractivity contribution in [3.05, 3.63) is 65.5 Å². The fourth-order valence-corrected chi connectivity index (χ4v) is 4.59. The number of benzene rings is 1. The third kappa shape index (κ3) is 4.56. The van der Waals surface area contributed by atoms with E-state index in [1.807, 2.05) is 18.3 Å². The normalized spacial score (nSPS) is 20.4. The lowest BCUT2D eigenvalue weighted by Gasteiger charge is -2.38. The molecule has 1 amide bonds. The molecule has 1 aromatic heterocycles. The smallest absolute Gasteiger partial charge is 0.230 e. The lowest BCUT2D eigenvalue weighted by Crippen LogP contribution is -2.51. The first-order valence-electron chi connectivity index (χ1n) is 10.8. The van der Waals surface area contributed by atoms with Gasteiger partial charge in [0.25, 0.3) is 0 Å².